The van der Waals surface area contributed by atoms with Gasteiger partial charge >= 0.3 is 0 Å². The van der Waals surface area contributed by atoms with Crippen LogP contribution < -0.4 is 0 Å². The molecule has 1 radical (unpaired) electrons. The van der Waals surface area contributed by atoms with Crippen molar-refractivity contribution in [3.63, 3.8) is 0 Å². The average Bonchev–Trinajstić information content (AvgIpc) is 2.39. The second kappa shape index (κ2) is 17.0. The molecule has 0 N–H and O–H groups in total. The minimum Gasteiger partial charge on any atom is -0.0654 e. The van der Waals surface area contributed by atoms with E-state index in [0.717, 1.165) is 0 Å². The van der Waals surface area contributed by atoms with Gasteiger partial charge < -0.3 is 0 Å². The zero-order valence-electron chi connectivity index (χ0n) is 13.2. The molecule has 0 aromatic heterocycles. The van der Waals surface area contributed by atoms with Crippen LogP contribution in [0.2, 0.25) is 0 Å². The Balaban J connectivity index is 2.86. The van der Waals surface area contributed by atoms with Crippen molar-refractivity contribution in [2.45, 2.75) is 110 Å². The highest BCUT2D eigenvalue weighted by Crippen LogP contribution is 2.12. The predicted octanol–water partition coefficient (Wildman–Crippen LogP) is 7.08. The molecular weight excluding hydrogens is 216 g/mol. The van der Waals surface area contributed by atoms with Crippen LogP contribution in [0.15, 0.2) is 0 Å². The first-order valence-corrected chi connectivity index (χ1v) is 8.73. The van der Waals surface area contributed by atoms with E-state index >= 15 is 0 Å². The second-order valence-corrected chi connectivity index (χ2v) is 5.76. The monoisotopic (exact) mass is 253 g/mol. The van der Waals surface area contributed by atoms with Crippen molar-refractivity contribution in [1.82, 2.24) is 0 Å². The molecule has 0 unspecified atom stereocenters. The van der Waals surface area contributed by atoms with Gasteiger partial charge in [-0.1, -0.05) is 110 Å². The van der Waals surface area contributed by atoms with Crippen LogP contribution in [0, 0.1) is 6.42 Å². The van der Waals surface area contributed by atoms with Crippen LogP contribution in [0.1, 0.15) is 110 Å². The summed E-state index contributed by atoms with van der Waals surface area (Å²) in [6.45, 7) is 4.57. The molecule has 0 aliphatic heterocycles. The summed E-state index contributed by atoms with van der Waals surface area (Å²) in [5.74, 6) is 0. The summed E-state index contributed by atoms with van der Waals surface area (Å²) in [5, 5.41) is 0. The first-order chi connectivity index (χ1) is 8.91. The second-order valence-electron chi connectivity index (χ2n) is 5.76. The minimum atomic E-state index is 1.36. The lowest BCUT2D eigenvalue weighted by Crippen LogP contribution is -1.83. The van der Waals surface area contributed by atoms with Crippen molar-refractivity contribution in [3.8, 4) is 0 Å². The van der Waals surface area contributed by atoms with E-state index in [-0.39, 0.29) is 0 Å². The van der Waals surface area contributed by atoms with Gasteiger partial charge in [-0.25, -0.2) is 0 Å². The van der Waals surface area contributed by atoms with Crippen LogP contribution in [0.5, 0.6) is 0 Å². The van der Waals surface area contributed by atoms with Crippen LogP contribution in [0.3, 0.4) is 0 Å². The highest BCUT2D eigenvalue weighted by Gasteiger charge is 1.93. The lowest BCUT2D eigenvalue weighted by molar-refractivity contribution is 0.559. The molecule has 0 saturated carbocycles. The third-order valence-corrected chi connectivity index (χ3v) is 3.77. The molecule has 109 valence electrons. The molecule has 0 bridgehead atoms. The molecule has 0 aliphatic rings. The number of hydrogen-bond acceptors (Lipinski definition) is 0. The predicted molar refractivity (Wildman–Crippen MR) is 84.9 cm³/mol. The molecule has 0 fully saturated rings. The topological polar surface area (TPSA) is 0 Å². The molecule has 0 nitrogen and oxygen atoms in total. The zero-order chi connectivity index (χ0) is 13.3. The lowest BCUT2D eigenvalue weighted by atomic mass is 10.0. The van der Waals surface area contributed by atoms with Gasteiger partial charge in [-0.2, -0.15) is 0 Å². The molecule has 0 heteroatoms. The molecule has 0 aliphatic carbocycles. The van der Waals surface area contributed by atoms with Crippen LogP contribution in [-0.2, 0) is 0 Å². The SMILES string of the molecule is CCCCCC[CH]CCCCCCCCCCC. The fraction of sp³-hybridized carbons (Fsp3) is 0.944. The van der Waals surface area contributed by atoms with Crippen molar-refractivity contribution >= 4 is 0 Å². The quantitative estimate of drug-likeness (QED) is 0.273. The van der Waals surface area contributed by atoms with Crippen LogP contribution in [0.25, 0.3) is 0 Å². The molecule has 0 aromatic rings. The number of unbranched alkanes of at least 4 members (excludes halogenated alkanes) is 15. The van der Waals surface area contributed by atoms with Gasteiger partial charge in [-0.05, 0) is 6.42 Å². The van der Waals surface area contributed by atoms with Crippen molar-refractivity contribution < 1.29 is 0 Å². The Morgan fingerprint density at radius 3 is 1.22 bits per heavy atom. The maximum atomic E-state index is 2.52. The third-order valence-electron chi connectivity index (χ3n) is 3.77. The van der Waals surface area contributed by atoms with Crippen LogP contribution >= 0.6 is 0 Å². The summed E-state index contributed by atoms with van der Waals surface area (Å²) in [6.07, 6.45) is 23.9. The van der Waals surface area contributed by atoms with Gasteiger partial charge in [0.05, 0.1) is 0 Å². The van der Waals surface area contributed by atoms with E-state index in [4.69, 9.17) is 0 Å². The van der Waals surface area contributed by atoms with Crippen LogP contribution in [-0.4, -0.2) is 0 Å². The molecule has 18 heavy (non-hydrogen) atoms. The van der Waals surface area contributed by atoms with E-state index in [0.29, 0.717) is 0 Å². The van der Waals surface area contributed by atoms with E-state index in [1.807, 2.05) is 0 Å². The summed E-state index contributed by atoms with van der Waals surface area (Å²) in [4.78, 5) is 0. The Labute approximate surface area is 117 Å². The van der Waals surface area contributed by atoms with E-state index in [1.165, 1.54) is 96.3 Å². The molecular formula is C18H37. The van der Waals surface area contributed by atoms with Gasteiger partial charge in [0.15, 0.2) is 0 Å². The molecule has 0 aromatic carbocycles. The van der Waals surface area contributed by atoms with Crippen molar-refractivity contribution in [2.75, 3.05) is 0 Å². The smallest absolute Gasteiger partial charge is 0.0386 e. The largest absolute Gasteiger partial charge is 0.0654 e. The Hall–Kier alpha value is 0. The fourth-order valence-corrected chi connectivity index (χ4v) is 2.46. The van der Waals surface area contributed by atoms with Gasteiger partial charge in [0.2, 0.25) is 0 Å². The Morgan fingerprint density at radius 1 is 0.444 bits per heavy atom. The summed E-state index contributed by atoms with van der Waals surface area (Å²) < 4.78 is 0. The standard InChI is InChI=1S/C18H37/c1-3-5-7-9-11-13-15-17-18-16-14-12-10-8-6-4-2/h13H,3-12,14-18H2,1-2H3. The molecule has 0 spiro atoms. The van der Waals surface area contributed by atoms with E-state index in [2.05, 4.69) is 20.3 Å². The van der Waals surface area contributed by atoms with Gasteiger partial charge in [0.1, 0.15) is 0 Å². The van der Waals surface area contributed by atoms with Crippen LogP contribution in [0.4, 0.5) is 0 Å². The molecule has 0 saturated heterocycles. The summed E-state index contributed by atoms with van der Waals surface area (Å²) in [5.41, 5.74) is 0. The number of rotatable bonds is 15. The van der Waals surface area contributed by atoms with E-state index < -0.39 is 0 Å². The normalized spacial score (nSPS) is 11.0. The van der Waals surface area contributed by atoms with Gasteiger partial charge in [-0.15, -0.1) is 0 Å². The molecule has 0 heterocycles. The highest BCUT2D eigenvalue weighted by molar-refractivity contribution is 4.64. The Morgan fingerprint density at radius 2 is 0.778 bits per heavy atom. The average molecular weight is 253 g/mol. The maximum absolute atomic E-state index is 2.52. The van der Waals surface area contributed by atoms with Crippen molar-refractivity contribution in [2.24, 2.45) is 0 Å². The van der Waals surface area contributed by atoms with E-state index in [1.54, 1.807) is 0 Å². The Bertz CT molecular complexity index is 112. The summed E-state index contributed by atoms with van der Waals surface area (Å²) in [7, 11) is 0. The molecule has 0 atom stereocenters. The third kappa shape index (κ3) is 16.0. The lowest BCUT2D eigenvalue weighted by Gasteiger charge is -2.02. The number of hydrogen-bond donors (Lipinski definition) is 0. The minimum absolute atomic E-state index is 1.36. The van der Waals surface area contributed by atoms with E-state index in [9.17, 15) is 0 Å². The maximum Gasteiger partial charge on any atom is -0.0386 e. The first kappa shape index (κ1) is 18.0. The van der Waals surface area contributed by atoms with Gasteiger partial charge in [0.25, 0.3) is 0 Å². The van der Waals surface area contributed by atoms with Crippen molar-refractivity contribution in [1.29, 1.82) is 0 Å². The molecule has 0 rings (SSSR count). The first-order valence-electron chi connectivity index (χ1n) is 8.73. The Kier molecular flexibility index (Phi) is 17.0. The van der Waals surface area contributed by atoms with Gasteiger partial charge in [-0.3, -0.25) is 0 Å². The summed E-state index contributed by atoms with van der Waals surface area (Å²) >= 11 is 0. The van der Waals surface area contributed by atoms with Crippen molar-refractivity contribution in [3.05, 3.63) is 6.42 Å². The summed E-state index contributed by atoms with van der Waals surface area (Å²) in [6, 6.07) is 0. The fourth-order valence-electron chi connectivity index (χ4n) is 2.46. The zero-order valence-corrected chi connectivity index (χ0v) is 13.2. The van der Waals surface area contributed by atoms with Gasteiger partial charge in [0, 0.05) is 0 Å². The molecule has 0 amide bonds. The highest BCUT2D eigenvalue weighted by atomic mass is 14.0.